The number of aromatic nitrogens is 4. The SMILES string of the molecule is COc1cccc(-c2cc(C(=O)NC(O[P+](=O)OC(NC(=O)c3cc(-c4cccc(OC)c4)n(-c4ccc(S(N)(=O)=O)cc4)n3)c3ccc(Br)cc3)c3ccc(Br)cc3)nn2-c2ccc(S(N)(=O)=O)cc2)c1. The van der Waals surface area contributed by atoms with E-state index in [1.54, 1.807) is 97.1 Å². The Hall–Kier alpha value is -6.92. The molecule has 0 saturated heterocycles. The minimum Gasteiger partial charge on any atom is -0.497 e. The van der Waals surface area contributed by atoms with Gasteiger partial charge in [-0.2, -0.15) is 10.2 Å². The molecule has 0 aliphatic heterocycles. The molecule has 2 unspecified atom stereocenters. The van der Waals surface area contributed by atoms with Gasteiger partial charge in [0.05, 0.1) is 46.8 Å². The Balaban J connectivity index is 1.09. The van der Waals surface area contributed by atoms with Crippen molar-refractivity contribution in [2.75, 3.05) is 14.2 Å². The molecule has 8 aromatic rings. The van der Waals surface area contributed by atoms with Crippen LogP contribution in [-0.4, -0.2) is 62.4 Å². The molecule has 0 spiro atoms. The average Bonchev–Trinajstić information content (AvgIpc) is 4.03. The van der Waals surface area contributed by atoms with Crippen LogP contribution >= 0.6 is 40.1 Å². The molecule has 2 amide bonds. The molecule has 19 nitrogen and oxygen atoms in total. The lowest BCUT2D eigenvalue weighted by Crippen LogP contribution is -2.31. The molecule has 2 atom stereocenters. The first-order chi connectivity index (χ1) is 34.4. The number of nitrogens with two attached hydrogens (primary N) is 2. The highest BCUT2D eigenvalue weighted by molar-refractivity contribution is 9.10. The minimum atomic E-state index is -4.01. The van der Waals surface area contributed by atoms with Crippen LogP contribution in [0.15, 0.2) is 176 Å². The highest BCUT2D eigenvalue weighted by atomic mass is 79.9. The lowest BCUT2D eigenvalue weighted by Gasteiger charge is -2.15. The van der Waals surface area contributed by atoms with Crippen LogP contribution in [0.25, 0.3) is 33.9 Å². The van der Waals surface area contributed by atoms with E-state index < -0.39 is 52.6 Å². The number of benzene rings is 6. The number of hydrogen-bond acceptors (Lipinski definition) is 13. The molecule has 0 radical (unpaired) electrons. The Kier molecular flexibility index (Phi) is 15.6. The van der Waals surface area contributed by atoms with Gasteiger partial charge < -0.3 is 20.1 Å². The summed E-state index contributed by atoms with van der Waals surface area (Å²) < 4.78 is 89.5. The van der Waals surface area contributed by atoms with Crippen LogP contribution in [0, 0.1) is 0 Å². The van der Waals surface area contributed by atoms with E-state index in [2.05, 4.69) is 52.7 Å². The molecular formula is C48H40Br2N8O11PS2+. The summed E-state index contributed by atoms with van der Waals surface area (Å²) in [6.07, 6.45) is -2.87. The van der Waals surface area contributed by atoms with Crippen LogP contribution in [0.4, 0.5) is 0 Å². The topological polar surface area (TPSA) is 268 Å². The molecule has 368 valence electrons. The van der Waals surface area contributed by atoms with Crippen molar-refractivity contribution in [1.82, 2.24) is 30.2 Å². The van der Waals surface area contributed by atoms with Crippen LogP contribution in [0.3, 0.4) is 0 Å². The fourth-order valence-corrected chi connectivity index (χ4v) is 9.41. The predicted molar refractivity (Wildman–Crippen MR) is 272 cm³/mol. The third-order valence-corrected chi connectivity index (χ3v) is 14.4. The number of nitrogens with zero attached hydrogens (tertiary/aromatic N) is 4. The first kappa shape index (κ1) is 51.4. The van der Waals surface area contributed by atoms with E-state index in [0.29, 0.717) is 65.5 Å². The fourth-order valence-electron chi connectivity index (χ4n) is 7.11. The highest BCUT2D eigenvalue weighted by Gasteiger charge is 2.36. The zero-order valence-corrected chi connectivity index (χ0v) is 43.3. The van der Waals surface area contributed by atoms with Crippen molar-refractivity contribution < 1.29 is 49.5 Å². The van der Waals surface area contributed by atoms with E-state index in [1.165, 1.54) is 84.2 Å². The molecular weight excluding hydrogens is 1120 g/mol. The molecule has 0 aliphatic carbocycles. The Morgan fingerprint density at radius 3 is 1.25 bits per heavy atom. The Labute approximate surface area is 430 Å². The van der Waals surface area contributed by atoms with Gasteiger partial charge in [-0.1, -0.05) is 89.4 Å². The number of hydrogen-bond donors (Lipinski definition) is 4. The molecule has 0 bridgehead atoms. The number of rotatable bonds is 18. The van der Waals surface area contributed by atoms with E-state index in [-0.39, 0.29) is 21.2 Å². The number of nitrogens with one attached hydrogen (secondary N) is 2. The summed E-state index contributed by atoms with van der Waals surface area (Å²) in [7, 11) is -8.22. The van der Waals surface area contributed by atoms with Gasteiger partial charge in [0.15, 0.2) is 11.4 Å². The lowest BCUT2D eigenvalue weighted by atomic mass is 10.1. The van der Waals surface area contributed by atoms with Gasteiger partial charge in [-0.25, -0.2) is 36.5 Å². The summed E-state index contributed by atoms with van der Waals surface area (Å²) in [5.41, 5.74) is 3.28. The summed E-state index contributed by atoms with van der Waals surface area (Å²) in [5, 5.41) is 25.4. The van der Waals surface area contributed by atoms with E-state index >= 15 is 0 Å². The second-order valence-electron chi connectivity index (χ2n) is 15.4. The first-order valence-corrected chi connectivity index (χ1v) is 26.8. The van der Waals surface area contributed by atoms with Crippen molar-refractivity contribution in [3.05, 3.63) is 189 Å². The monoisotopic (exact) mass is 1160 g/mol. The van der Waals surface area contributed by atoms with Crippen molar-refractivity contribution in [1.29, 1.82) is 0 Å². The van der Waals surface area contributed by atoms with Crippen LogP contribution < -0.4 is 30.4 Å². The van der Waals surface area contributed by atoms with E-state index in [9.17, 15) is 31.0 Å². The second kappa shape index (κ2) is 21.8. The van der Waals surface area contributed by atoms with E-state index in [0.717, 1.165) is 0 Å². The molecule has 8 rings (SSSR count). The minimum absolute atomic E-state index is 0.113. The molecule has 6 aromatic carbocycles. The zero-order chi connectivity index (χ0) is 51.3. The van der Waals surface area contributed by atoms with Crippen molar-refractivity contribution in [3.8, 4) is 45.4 Å². The van der Waals surface area contributed by atoms with Crippen LogP contribution in [0.2, 0.25) is 0 Å². The molecule has 2 aromatic heterocycles. The predicted octanol–water partition coefficient (Wildman–Crippen LogP) is 8.48. The van der Waals surface area contributed by atoms with Crippen molar-refractivity contribution >= 4 is 72.0 Å². The maximum atomic E-state index is 14.3. The van der Waals surface area contributed by atoms with Gasteiger partial charge in [0.25, 0.3) is 11.8 Å². The molecule has 2 heterocycles. The maximum Gasteiger partial charge on any atom is 0.702 e. The molecule has 0 aliphatic rings. The number of ether oxygens (including phenoxy) is 2. The Bertz CT molecular complexity index is 3310. The number of amides is 2. The number of methoxy groups -OCH3 is 2. The summed E-state index contributed by atoms with van der Waals surface area (Å²) in [4.78, 5) is 28.3. The molecule has 24 heteroatoms. The summed E-state index contributed by atoms with van der Waals surface area (Å²) in [6.45, 7) is 0. The number of primary sulfonamides is 2. The molecule has 6 N–H and O–H groups in total. The van der Waals surface area contributed by atoms with Gasteiger partial charge in [-0.3, -0.25) is 9.59 Å². The van der Waals surface area contributed by atoms with Gasteiger partial charge in [-0.05, 0) is 109 Å². The lowest BCUT2D eigenvalue weighted by molar-refractivity contribution is 0.0688. The third kappa shape index (κ3) is 12.2. The van der Waals surface area contributed by atoms with Crippen molar-refractivity contribution in [2.24, 2.45) is 10.3 Å². The van der Waals surface area contributed by atoms with Crippen LogP contribution in [0.5, 0.6) is 11.5 Å². The quantitative estimate of drug-likeness (QED) is 0.0464. The number of sulfonamides is 2. The Morgan fingerprint density at radius 2 is 0.917 bits per heavy atom. The van der Waals surface area contributed by atoms with Crippen molar-refractivity contribution in [3.63, 3.8) is 0 Å². The number of carbonyl (C=O) groups is 2. The molecule has 72 heavy (non-hydrogen) atoms. The highest BCUT2D eigenvalue weighted by Crippen LogP contribution is 2.38. The third-order valence-electron chi connectivity index (χ3n) is 10.7. The van der Waals surface area contributed by atoms with E-state index in [4.69, 9.17) is 28.8 Å². The van der Waals surface area contributed by atoms with Crippen LogP contribution in [0.1, 0.15) is 44.6 Å². The van der Waals surface area contributed by atoms with E-state index in [1.807, 2.05) is 0 Å². The fraction of sp³-hybridized carbons (Fsp3) is 0.0833. The van der Waals surface area contributed by atoms with Gasteiger partial charge in [0.2, 0.25) is 32.5 Å². The Morgan fingerprint density at radius 1 is 0.556 bits per heavy atom. The average molecular weight is 1160 g/mol. The normalized spacial score (nSPS) is 12.7. The smallest absolute Gasteiger partial charge is 0.497 e. The van der Waals surface area contributed by atoms with Gasteiger partial charge in [0.1, 0.15) is 11.5 Å². The van der Waals surface area contributed by atoms with Gasteiger partial charge in [0, 0.05) is 35.8 Å². The largest absolute Gasteiger partial charge is 0.702 e. The number of carbonyl (C=O) groups excluding carboxylic acids is 2. The first-order valence-electron chi connectivity index (χ1n) is 21.1. The standard InChI is InChI=1S/C48H39Br2N8O11PS2/c1-66-37-7-3-5-31(25-37)43-27-41(55-57(43)35-17-21-39(22-18-35)71(51,62)63)45(59)53-47(29-9-13-33(49)14-10-29)68-70(61)69-48(30-11-15-34(50)16-12-30)54-46(60)42-28-44(32-6-4-8-38(26-32)67-2)58(56-42)36-19-23-40(24-20-36)72(52,64)65/h3-28,47-48H,1-2H3,(H5-,51,52,53,54,59,60,62,63,64,65)/p+1. The summed E-state index contributed by atoms with van der Waals surface area (Å²) >= 11 is 6.83. The van der Waals surface area contributed by atoms with Crippen molar-refractivity contribution in [2.45, 2.75) is 22.2 Å². The zero-order valence-electron chi connectivity index (χ0n) is 37.6. The maximum absolute atomic E-state index is 14.3. The molecule has 0 saturated carbocycles. The number of halogens is 2. The summed E-state index contributed by atoms with van der Waals surface area (Å²) in [5.74, 6) is -0.503. The van der Waals surface area contributed by atoms with Crippen LogP contribution in [-0.2, 0) is 33.7 Å². The van der Waals surface area contributed by atoms with Gasteiger partial charge in [-0.15, -0.1) is 0 Å². The second-order valence-corrected chi connectivity index (χ2v) is 21.3. The molecule has 0 fully saturated rings. The summed E-state index contributed by atoms with van der Waals surface area (Å²) in [6, 6.07) is 41.4. The van der Waals surface area contributed by atoms with Gasteiger partial charge >= 0.3 is 8.25 Å².